The highest BCUT2D eigenvalue weighted by molar-refractivity contribution is 5.35. The molecule has 0 spiro atoms. The van der Waals surface area contributed by atoms with Crippen LogP contribution in [0.15, 0.2) is 59.5 Å². The lowest BCUT2D eigenvalue weighted by molar-refractivity contribution is 0.0319. The van der Waals surface area contributed by atoms with E-state index in [1.54, 1.807) is 20.0 Å². The van der Waals surface area contributed by atoms with E-state index in [2.05, 4.69) is 22.1 Å². The fourth-order valence-electron chi connectivity index (χ4n) is 2.95. The molecule has 1 aromatic carbocycles. The third kappa shape index (κ3) is 4.55. The van der Waals surface area contributed by atoms with E-state index < -0.39 is 5.60 Å². The van der Waals surface area contributed by atoms with Crippen molar-refractivity contribution >= 4 is 5.65 Å². The van der Waals surface area contributed by atoms with Crippen LogP contribution in [0.4, 0.5) is 0 Å². The Labute approximate surface area is 146 Å². The molecule has 132 valence electrons. The van der Waals surface area contributed by atoms with Crippen molar-refractivity contribution in [2.24, 2.45) is 0 Å². The standard InChI is InChI=1S/C19H24N4O2/c1-19(2,25)15-21(14-16-8-4-3-5-9-16)12-13-23-18(24)22-11-7-6-10-17(22)20-23/h3-11,25H,12-15H2,1-2H3. The Hall–Kier alpha value is -2.44. The Morgan fingerprint density at radius 3 is 2.52 bits per heavy atom. The van der Waals surface area contributed by atoms with Gasteiger partial charge in [-0.15, -0.1) is 5.10 Å². The van der Waals surface area contributed by atoms with Gasteiger partial charge in [0.25, 0.3) is 0 Å². The topological polar surface area (TPSA) is 62.8 Å². The Bertz CT molecular complexity index is 878. The highest BCUT2D eigenvalue weighted by Gasteiger charge is 2.19. The van der Waals surface area contributed by atoms with Gasteiger partial charge in [-0.25, -0.2) is 9.48 Å². The quantitative estimate of drug-likeness (QED) is 0.712. The summed E-state index contributed by atoms with van der Waals surface area (Å²) in [4.78, 5) is 14.5. The van der Waals surface area contributed by atoms with Crippen LogP contribution in [0.1, 0.15) is 19.4 Å². The van der Waals surface area contributed by atoms with E-state index in [1.807, 2.05) is 36.4 Å². The van der Waals surface area contributed by atoms with Crippen molar-refractivity contribution < 1.29 is 5.11 Å². The van der Waals surface area contributed by atoms with Crippen LogP contribution in [0, 0.1) is 0 Å². The maximum Gasteiger partial charge on any atom is 0.350 e. The van der Waals surface area contributed by atoms with Gasteiger partial charge in [-0.2, -0.15) is 0 Å². The summed E-state index contributed by atoms with van der Waals surface area (Å²) < 4.78 is 3.02. The molecule has 0 amide bonds. The molecule has 0 aliphatic rings. The van der Waals surface area contributed by atoms with Crippen LogP contribution in [-0.2, 0) is 13.1 Å². The third-order valence-electron chi connectivity index (χ3n) is 3.98. The van der Waals surface area contributed by atoms with Crippen molar-refractivity contribution in [2.45, 2.75) is 32.5 Å². The average molecular weight is 340 g/mol. The molecule has 2 heterocycles. The Kier molecular flexibility index (Phi) is 5.01. The van der Waals surface area contributed by atoms with Gasteiger partial charge in [-0.1, -0.05) is 36.4 Å². The lowest BCUT2D eigenvalue weighted by atomic mass is 10.1. The normalized spacial score (nSPS) is 12.2. The molecule has 0 unspecified atom stereocenters. The van der Waals surface area contributed by atoms with E-state index in [-0.39, 0.29) is 5.69 Å². The largest absolute Gasteiger partial charge is 0.389 e. The summed E-state index contributed by atoms with van der Waals surface area (Å²) in [6, 6.07) is 15.6. The maximum atomic E-state index is 12.4. The molecule has 2 aromatic heterocycles. The second kappa shape index (κ2) is 7.21. The number of rotatable bonds is 7. The molecule has 0 aliphatic heterocycles. The molecule has 0 atom stereocenters. The van der Waals surface area contributed by atoms with Gasteiger partial charge in [0.05, 0.1) is 12.1 Å². The smallest absolute Gasteiger partial charge is 0.350 e. The summed E-state index contributed by atoms with van der Waals surface area (Å²) in [5, 5.41) is 14.6. The third-order valence-corrected chi connectivity index (χ3v) is 3.98. The fourth-order valence-corrected chi connectivity index (χ4v) is 2.95. The molecule has 0 radical (unpaired) electrons. The van der Waals surface area contributed by atoms with Gasteiger partial charge in [0.2, 0.25) is 0 Å². The lowest BCUT2D eigenvalue weighted by Crippen LogP contribution is -2.40. The zero-order valence-corrected chi connectivity index (χ0v) is 14.7. The zero-order valence-electron chi connectivity index (χ0n) is 14.7. The van der Waals surface area contributed by atoms with E-state index in [1.165, 1.54) is 14.6 Å². The maximum absolute atomic E-state index is 12.4. The molecule has 3 aromatic rings. The van der Waals surface area contributed by atoms with E-state index in [4.69, 9.17) is 0 Å². The molecule has 6 nitrogen and oxygen atoms in total. The number of benzene rings is 1. The molecular formula is C19H24N4O2. The first kappa shape index (κ1) is 17.4. The summed E-state index contributed by atoms with van der Waals surface area (Å²) >= 11 is 0. The predicted octanol–water partition coefficient (Wildman–Crippen LogP) is 1.77. The van der Waals surface area contributed by atoms with Crippen LogP contribution < -0.4 is 5.69 Å². The van der Waals surface area contributed by atoms with Crippen LogP contribution >= 0.6 is 0 Å². The van der Waals surface area contributed by atoms with Crippen LogP contribution in [0.3, 0.4) is 0 Å². The minimum atomic E-state index is -0.807. The van der Waals surface area contributed by atoms with Gasteiger partial charge in [0.1, 0.15) is 0 Å². The number of hydrogen-bond acceptors (Lipinski definition) is 4. The minimum absolute atomic E-state index is 0.140. The molecular weight excluding hydrogens is 316 g/mol. The first-order valence-corrected chi connectivity index (χ1v) is 8.45. The lowest BCUT2D eigenvalue weighted by Gasteiger charge is -2.29. The SMILES string of the molecule is CC(C)(O)CN(CCn1nc2ccccn2c1=O)Cc1ccccc1. The van der Waals surface area contributed by atoms with Gasteiger partial charge >= 0.3 is 5.69 Å². The van der Waals surface area contributed by atoms with Crippen LogP contribution in [0.5, 0.6) is 0 Å². The Morgan fingerprint density at radius 2 is 1.84 bits per heavy atom. The van der Waals surface area contributed by atoms with Gasteiger partial charge in [-0.05, 0) is 31.5 Å². The summed E-state index contributed by atoms with van der Waals surface area (Å²) in [7, 11) is 0. The number of hydrogen-bond donors (Lipinski definition) is 1. The average Bonchev–Trinajstić information content (AvgIpc) is 2.89. The highest BCUT2D eigenvalue weighted by atomic mass is 16.3. The summed E-state index contributed by atoms with van der Waals surface area (Å²) in [6.45, 7) is 5.92. The van der Waals surface area contributed by atoms with Crippen LogP contribution in [-0.4, -0.2) is 42.9 Å². The molecule has 1 N–H and O–H groups in total. The van der Waals surface area contributed by atoms with Crippen LogP contribution in [0.2, 0.25) is 0 Å². The molecule has 3 rings (SSSR count). The molecule has 0 aliphatic carbocycles. The second-order valence-electron chi connectivity index (χ2n) is 6.94. The van der Waals surface area contributed by atoms with Crippen molar-refractivity contribution in [3.8, 4) is 0 Å². The van der Waals surface area contributed by atoms with E-state index in [0.29, 0.717) is 31.8 Å². The molecule has 0 bridgehead atoms. The van der Waals surface area contributed by atoms with E-state index in [9.17, 15) is 9.90 Å². The summed E-state index contributed by atoms with van der Waals surface area (Å²) in [5.74, 6) is 0. The summed E-state index contributed by atoms with van der Waals surface area (Å²) in [5.41, 5.74) is 0.871. The monoisotopic (exact) mass is 340 g/mol. The number of aromatic nitrogens is 3. The summed E-state index contributed by atoms with van der Waals surface area (Å²) in [6.07, 6.45) is 1.72. The predicted molar refractivity (Wildman–Crippen MR) is 97.5 cm³/mol. The highest BCUT2D eigenvalue weighted by Crippen LogP contribution is 2.10. The number of pyridine rings is 1. The number of nitrogens with zero attached hydrogens (tertiary/aromatic N) is 4. The van der Waals surface area contributed by atoms with Crippen molar-refractivity contribution in [2.75, 3.05) is 13.1 Å². The number of aliphatic hydroxyl groups is 1. The molecule has 0 saturated heterocycles. The van der Waals surface area contributed by atoms with Crippen molar-refractivity contribution in [3.63, 3.8) is 0 Å². The zero-order chi connectivity index (χ0) is 17.9. The Morgan fingerprint density at radius 1 is 1.12 bits per heavy atom. The van der Waals surface area contributed by atoms with Gasteiger partial charge in [0.15, 0.2) is 5.65 Å². The van der Waals surface area contributed by atoms with Gasteiger partial charge in [0, 0.05) is 25.8 Å². The molecule has 6 heteroatoms. The first-order chi connectivity index (χ1) is 11.9. The molecule has 0 saturated carbocycles. The van der Waals surface area contributed by atoms with E-state index in [0.717, 1.165) is 0 Å². The second-order valence-corrected chi connectivity index (χ2v) is 6.94. The van der Waals surface area contributed by atoms with E-state index >= 15 is 0 Å². The molecule has 25 heavy (non-hydrogen) atoms. The minimum Gasteiger partial charge on any atom is -0.389 e. The van der Waals surface area contributed by atoms with Crippen molar-refractivity contribution in [1.82, 2.24) is 19.1 Å². The van der Waals surface area contributed by atoms with Crippen LogP contribution in [0.25, 0.3) is 5.65 Å². The van der Waals surface area contributed by atoms with Gasteiger partial charge in [-0.3, -0.25) is 9.30 Å². The first-order valence-electron chi connectivity index (χ1n) is 8.45. The van der Waals surface area contributed by atoms with Gasteiger partial charge < -0.3 is 5.11 Å². The molecule has 0 fully saturated rings. The van der Waals surface area contributed by atoms with Crippen molar-refractivity contribution in [3.05, 3.63) is 70.8 Å². The fraction of sp³-hybridized carbons (Fsp3) is 0.368. The Balaban J connectivity index is 1.75. The van der Waals surface area contributed by atoms with Crippen molar-refractivity contribution in [1.29, 1.82) is 0 Å². The number of fused-ring (bicyclic) bond motifs is 1.